The van der Waals surface area contributed by atoms with Crippen molar-refractivity contribution in [3.63, 3.8) is 0 Å². The standard InChI is InChI=1S/C15H17N.C14H10F6O4/c1-13(15-10-6-3-7-11-15)16-12-14-8-4-2-5-9-14;1-2-6-3-8(24-14(18,19)20)4-7-5-9(12(21)22)11(13(15,16)17)23-10(6)7/h2-11,13,16H,12H2,1H3;3-5,11H,2H2,1H3,(H,21,22)/t13-;11-/m10/s1. The Bertz CT molecular complexity index is 1310. The van der Waals surface area contributed by atoms with Crippen LogP contribution in [0.15, 0.2) is 78.4 Å². The molecule has 2 N–H and O–H groups in total. The van der Waals surface area contributed by atoms with E-state index in [1.54, 1.807) is 0 Å². The van der Waals surface area contributed by atoms with Crippen molar-refractivity contribution in [3.05, 3.63) is 101 Å². The molecule has 0 saturated carbocycles. The number of rotatable bonds is 7. The zero-order valence-electron chi connectivity index (χ0n) is 21.5. The molecule has 1 aliphatic rings. The normalized spacial score (nSPS) is 15.5. The number of alkyl halides is 6. The van der Waals surface area contributed by atoms with Gasteiger partial charge in [0.1, 0.15) is 11.5 Å². The molecule has 3 aromatic carbocycles. The molecule has 4 rings (SSSR count). The highest BCUT2D eigenvalue weighted by Crippen LogP contribution is 2.41. The summed E-state index contributed by atoms with van der Waals surface area (Å²) in [6, 6.07) is 23.1. The summed E-state index contributed by atoms with van der Waals surface area (Å²) in [5.41, 5.74) is 1.33. The lowest BCUT2D eigenvalue weighted by Crippen LogP contribution is -2.40. The summed E-state index contributed by atoms with van der Waals surface area (Å²) >= 11 is 0. The SMILES string of the molecule is CCc1cc(OC(F)(F)F)cc2c1O[C@H](C(F)(F)F)C(C(=O)O)=C2.C[C@@H](NCc1ccccc1)c1ccccc1. The maximum Gasteiger partial charge on any atom is 0.573 e. The smallest absolute Gasteiger partial charge is 0.478 e. The highest BCUT2D eigenvalue weighted by Gasteiger charge is 2.49. The van der Waals surface area contributed by atoms with Crippen LogP contribution in [0.25, 0.3) is 6.08 Å². The van der Waals surface area contributed by atoms with Crippen molar-refractivity contribution in [1.82, 2.24) is 5.32 Å². The largest absolute Gasteiger partial charge is 0.573 e. The van der Waals surface area contributed by atoms with Gasteiger partial charge in [0.15, 0.2) is 0 Å². The lowest BCUT2D eigenvalue weighted by Gasteiger charge is -2.28. The van der Waals surface area contributed by atoms with E-state index in [0.717, 1.165) is 18.7 Å². The topological polar surface area (TPSA) is 67.8 Å². The minimum Gasteiger partial charge on any atom is -0.478 e. The number of fused-ring (bicyclic) bond motifs is 1. The maximum absolute atomic E-state index is 13.0. The number of nitrogens with one attached hydrogen (secondary N) is 1. The number of ether oxygens (including phenoxy) is 2. The first-order chi connectivity index (χ1) is 18.8. The fraction of sp³-hybridized carbons (Fsp3) is 0.276. The predicted octanol–water partition coefficient (Wildman–Crippen LogP) is 7.48. The second-order valence-corrected chi connectivity index (χ2v) is 8.85. The molecule has 5 nitrogen and oxygen atoms in total. The van der Waals surface area contributed by atoms with Gasteiger partial charge in [-0.15, -0.1) is 13.2 Å². The highest BCUT2D eigenvalue weighted by atomic mass is 19.4. The van der Waals surface area contributed by atoms with Gasteiger partial charge in [0.25, 0.3) is 0 Å². The van der Waals surface area contributed by atoms with E-state index in [0.29, 0.717) is 12.1 Å². The van der Waals surface area contributed by atoms with Crippen LogP contribution < -0.4 is 14.8 Å². The summed E-state index contributed by atoms with van der Waals surface area (Å²) in [6.45, 7) is 4.60. The first-order valence-corrected chi connectivity index (χ1v) is 12.2. The van der Waals surface area contributed by atoms with Crippen LogP contribution in [0, 0.1) is 0 Å². The van der Waals surface area contributed by atoms with Crippen molar-refractivity contribution in [2.75, 3.05) is 0 Å². The zero-order valence-corrected chi connectivity index (χ0v) is 21.5. The molecular weight excluding hydrogens is 540 g/mol. The Kier molecular flexibility index (Phi) is 9.86. The second kappa shape index (κ2) is 12.9. The van der Waals surface area contributed by atoms with Gasteiger partial charge in [-0.1, -0.05) is 67.6 Å². The third kappa shape index (κ3) is 8.51. The van der Waals surface area contributed by atoms with Crippen LogP contribution in [0.4, 0.5) is 26.3 Å². The average Bonchev–Trinajstić information content (AvgIpc) is 2.90. The van der Waals surface area contributed by atoms with Crippen molar-refractivity contribution in [2.24, 2.45) is 0 Å². The Morgan fingerprint density at radius 3 is 2.12 bits per heavy atom. The van der Waals surface area contributed by atoms with Crippen LogP contribution in [-0.4, -0.2) is 29.7 Å². The molecule has 0 radical (unpaired) electrons. The highest BCUT2D eigenvalue weighted by molar-refractivity contribution is 5.95. The predicted molar refractivity (Wildman–Crippen MR) is 137 cm³/mol. The van der Waals surface area contributed by atoms with E-state index in [4.69, 9.17) is 9.84 Å². The van der Waals surface area contributed by atoms with E-state index >= 15 is 0 Å². The molecule has 0 aromatic heterocycles. The Morgan fingerprint density at radius 1 is 1.00 bits per heavy atom. The lowest BCUT2D eigenvalue weighted by atomic mass is 9.97. The second-order valence-electron chi connectivity index (χ2n) is 8.85. The fourth-order valence-corrected chi connectivity index (χ4v) is 3.96. The zero-order chi connectivity index (χ0) is 29.5. The molecule has 0 unspecified atom stereocenters. The third-order valence-corrected chi connectivity index (χ3v) is 5.91. The number of carboxylic acid groups (broad SMARTS) is 1. The molecule has 3 aromatic rings. The van der Waals surface area contributed by atoms with Crippen LogP contribution >= 0.6 is 0 Å². The molecule has 0 aliphatic carbocycles. The van der Waals surface area contributed by atoms with E-state index in [2.05, 4.69) is 65.5 Å². The van der Waals surface area contributed by atoms with E-state index in [9.17, 15) is 31.1 Å². The Hall–Kier alpha value is -3.99. The fourth-order valence-electron chi connectivity index (χ4n) is 3.96. The number of aryl methyl sites for hydroxylation is 1. The number of aliphatic carboxylic acids is 1. The van der Waals surface area contributed by atoms with Gasteiger partial charge in [0, 0.05) is 18.2 Å². The Balaban J connectivity index is 0.000000238. The molecule has 0 amide bonds. The Morgan fingerprint density at radius 2 is 1.60 bits per heavy atom. The van der Waals surface area contributed by atoms with Crippen molar-refractivity contribution < 1.29 is 45.7 Å². The number of benzene rings is 3. The molecule has 0 fully saturated rings. The third-order valence-electron chi connectivity index (χ3n) is 5.91. The number of hydrogen-bond donors (Lipinski definition) is 2. The maximum atomic E-state index is 13.0. The van der Waals surface area contributed by atoms with E-state index in [1.807, 2.05) is 12.1 Å². The molecule has 1 aliphatic heterocycles. The molecule has 2 atom stereocenters. The van der Waals surface area contributed by atoms with Gasteiger partial charge >= 0.3 is 18.5 Å². The monoisotopic (exact) mass is 567 g/mol. The van der Waals surface area contributed by atoms with Gasteiger partial charge in [-0.3, -0.25) is 0 Å². The van der Waals surface area contributed by atoms with Gasteiger partial charge in [0.05, 0.1) is 5.57 Å². The van der Waals surface area contributed by atoms with Gasteiger partial charge in [0.2, 0.25) is 6.10 Å². The summed E-state index contributed by atoms with van der Waals surface area (Å²) < 4.78 is 84.4. The van der Waals surface area contributed by atoms with Crippen LogP contribution in [0.1, 0.15) is 42.1 Å². The number of carboxylic acids is 1. The minimum absolute atomic E-state index is 0.0293. The molecule has 11 heteroatoms. The molecule has 214 valence electrons. The van der Waals surface area contributed by atoms with Crippen LogP contribution in [0.3, 0.4) is 0 Å². The van der Waals surface area contributed by atoms with Crippen molar-refractivity contribution in [1.29, 1.82) is 0 Å². The summed E-state index contributed by atoms with van der Waals surface area (Å²) in [7, 11) is 0. The number of halogens is 6. The van der Waals surface area contributed by atoms with Crippen LogP contribution in [-0.2, 0) is 17.8 Å². The summed E-state index contributed by atoms with van der Waals surface area (Å²) in [5, 5.41) is 12.4. The van der Waals surface area contributed by atoms with E-state index < -0.39 is 35.9 Å². The first-order valence-electron chi connectivity index (χ1n) is 12.2. The van der Waals surface area contributed by atoms with Gasteiger partial charge in [-0.05, 0) is 48.2 Å². The van der Waals surface area contributed by atoms with E-state index in [1.165, 1.54) is 18.1 Å². The molecule has 0 spiro atoms. The number of carbonyl (C=O) groups is 1. The average molecular weight is 568 g/mol. The summed E-state index contributed by atoms with van der Waals surface area (Å²) in [4.78, 5) is 11.0. The molecular formula is C29H27F6NO4. The van der Waals surface area contributed by atoms with Gasteiger partial charge < -0.3 is 19.9 Å². The molecule has 1 heterocycles. The van der Waals surface area contributed by atoms with Crippen LogP contribution in [0.2, 0.25) is 0 Å². The van der Waals surface area contributed by atoms with Crippen LogP contribution in [0.5, 0.6) is 11.5 Å². The lowest BCUT2D eigenvalue weighted by molar-refractivity contribution is -0.274. The summed E-state index contributed by atoms with van der Waals surface area (Å²) in [5.74, 6) is -2.88. The molecule has 40 heavy (non-hydrogen) atoms. The Labute approximate surface area is 227 Å². The van der Waals surface area contributed by atoms with E-state index in [-0.39, 0.29) is 23.3 Å². The molecule has 0 bridgehead atoms. The molecule has 0 saturated heterocycles. The number of hydrogen-bond acceptors (Lipinski definition) is 4. The van der Waals surface area contributed by atoms with Crippen molar-refractivity contribution in [3.8, 4) is 11.5 Å². The van der Waals surface area contributed by atoms with Crippen molar-refractivity contribution >= 4 is 12.0 Å². The van der Waals surface area contributed by atoms with Crippen molar-refractivity contribution in [2.45, 2.75) is 51.5 Å². The quantitative estimate of drug-likeness (QED) is 0.290. The summed E-state index contributed by atoms with van der Waals surface area (Å²) in [6.07, 6.45) is -12.0. The van der Waals surface area contributed by atoms with Gasteiger partial charge in [-0.25, -0.2) is 4.79 Å². The van der Waals surface area contributed by atoms with Gasteiger partial charge in [-0.2, -0.15) is 13.2 Å². The minimum atomic E-state index is -5.00. The first kappa shape index (κ1) is 30.6.